The molecular weight excluding hydrogens is 382 g/mol. The lowest BCUT2D eigenvalue weighted by atomic mass is 10.1. The van der Waals surface area contributed by atoms with Gasteiger partial charge in [-0.15, -0.1) is 6.58 Å². The molecule has 1 fully saturated rings. The zero-order valence-electron chi connectivity index (χ0n) is 17.2. The van der Waals surface area contributed by atoms with E-state index in [-0.39, 0.29) is 18.0 Å². The van der Waals surface area contributed by atoms with Crippen LogP contribution in [-0.4, -0.2) is 62.7 Å². The number of morpholine rings is 1. The molecule has 3 aromatic rings. The van der Waals surface area contributed by atoms with Gasteiger partial charge in [0.15, 0.2) is 0 Å². The number of aryl methyl sites for hydroxylation is 1. The molecule has 5 heterocycles. The molecule has 0 radical (unpaired) electrons. The van der Waals surface area contributed by atoms with Crippen molar-refractivity contribution in [1.29, 1.82) is 0 Å². The molecule has 9 nitrogen and oxygen atoms in total. The van der Waals surface area contributed by atoms with Gasteiger partial charge in [-0.25, -0.2) is 4.98 Å². The number of nitrogens with one attached hydrogen (secondary N) is 1. The zero-order chi connectivity index (χ0) is 20.8. The van der Waals surface area contributed by atoms with Crippen molar-refractivity contribution in [2.45, 2.75) is 38.9 Å². The van der Waals surface area contributed by atoms with Gasteiger partial charge < -0.3 is 14.5 Å². The van der Waals surface area contributed by atoms with Crippen LogP contribution in [0.1, 0.15) is 20.3 Å². The average molecular weight is 407 g/mol. The minimum absolute atomic E-state index is 0.0581. The Balaban J connectivity index is 1.79. The van der Waals surface area contributed by atoms with Crippen LogP contribution in [0, 0.1) is 0 Å². The molecule has 1 unspecified atom stereocenters. The molecule has 5 rings (SSSR count). The van der Waals surface area contributed by atoms with Gasteiger partial charge in [0.2, 0.25) is 5.91 Å². The minimum atomic E-state index is -0.145. The summed E-state index contributed by atoms with van der Waals surface area (Å²) in [7, 11) is 0. The van der Waals surface area contributed by atoms with Gasteiger partial charge >= 0.3 is 0 Å². The third kappa shape index (κ3) is 2.88. The van der Waals surface area contributed by atoms with Crippen molar-refractivity contribution in [3.63, 3.8) is 0 Å². The summed E-state index contributed by atoms with van der Waals surface area (Å²) in [5, 5.41) is 12.0. The Morgan fingerprint density at radius 1 is 1.40 bits per heavy atom. The first-order chi connectivity index (χ1) is 14.6. The van der Waals surface area contributed by atoms with E-state index in [0.717, 1.165) is 40.5 Å². The second kappa shape index (κ2) is 7.24. The standard InChI is InChI=1S/C21H25N7O2/c1-4-13(2)28-16-11-17(26-9-10-30-12-14(26)3)23-20-19(15-5-7-22-24-15)25-27(21(16)20)8-6-18(28)29/h4-5,7,11,13-14H,1,6,8-10,12H2,2-3H3,(H,22,24)/t13?,14-/m1/s1. The van der Waals surface area contributed by atoms with Crippen molar-refractivity contribution in [1.82, 2.24) is 25.0 Å². The van der Waals surface area contributed by atoms with Crippen LogP contribution in [0.15, 0.2) is 31.0 Å². The fourth-order valence-corrected chi connectivity index (χ4v) is 4.28. The number of pyridine rings is 1. The molecule has 2 aliphatic heterocycles. The van der Waals surface area contributed by atoms with Crippen molar-refractivity contribution in [2.24, 2.45) is 0 Å². The molecule has 156 valence electrons. The highest BCUT2D eigenvalue weighted by Gasteiger charge is 2.32. The Bertz CT molecular complexity index is 1100. The fourth-order valence-electron chi connectivity index (χ4n) is 4.28. The van der Waals surface area contributed by atoms with Gasteiger partial charge in [0.05, 0.1) is 37.5 Å². The maximum Gasteiger partial charge on any atom is 0.229 e. The number of anilines is 2. The Hall–Kier alpha value is -3.20. The maximum absolute atomic E-state index is 13.1. The maximum atomic E-state index is 13.1. The van der Waals surface area contributed by atoms with Crippen LogP contribution in [0.25, 0.3) is 22.4 Å². The average Bonchev–Trinajstić information content (AvgIpc) is 3.37. The molecule has 3 aromatic heterocycles. The van der Waals surface area contributed by atoms with Crippen LogP contribution in [-0.2, 0) is 16.1 Å². The Kier molecular flexibility index (Phi) is 4.54. The summed E-state index contributed by atoms with van der Waals surface area (Å²) in [6.07, 6.45) is 3.94. The second-order valence-corrected chi connectivity index (χ2v) is 7.84. The molecule has 1 saturated heterocycles. The third-order valence-electron chi connectivity index (χ3n) is 5.88. The molecular formula is C21H25N7O2. The number of ether oxygens (including phenoxy) is 1. The summed E-state index contributed by atoms with van der Waals surface area (Å²) in [5.41, 5.74) is 3.88. The number of hydrogen-bond donors (Lipinski definition) is 1. The highest BCUT2D eigenvalue weighted by molar-refractivity contribution is 6.06. The smallest absolute Gasteiger partial charge is 0.229 e. The van der Waals surface area contributed by atoms with Crippen molar-refractivity contribution in [3.8, 4) is 11.4 Å². The van der Waals surface area contributed by atoms with Crippen molar-refractivity contribution in [3.05, 3.63) is 31.0 Å². The molecule has 0 aromatic carbocycles. The largest absolute Gasteiger partial charge is 0.377 e. The number of hydrogen-bond acceptors (Lipinski definition) is 6. The number of H-pyrrole nitrogens is 1. The molecule has 30 heavy (non-hydrogen) atoms. The number of nitrogens with zero attached hydrogens (tertiary/aromatic N) is 6. The van der Waals surface area contributed by atoms with E-state index >= 15 is 0 Å². The predicted molar refractivity (Wildman–Crippen MR) is 114 cm³/mol. The van der Waals surface area contributed by atoms with Crippen LogP contribution < -0.4 is 9.80 Å². The van der Waals surface area contributed by atoms with Crippen molar-refractivity contribution >= 4 is 28.4 Å². The lowest BCUT2D eigenvalue weighted by Gasteiger charge is -2.35. The molecule has 1 amide bonds. The van der Waals surface area contributed by atoms with E-state index in [1.807, 2.05) is 28.6 Å². The Morgan fingerprint density at radius 3 is 3.00 bits per heavy atom. The monoisotopic (exact) mass is 407 g/mol. The summed E-state index contributed by atoms with van der Waals surface area (Å²) in [5.74, 6) is 0.878. The van der Waals surface area contributed by atoms with Crippen molar-refractivity contribution in [2.75, 3.05) is 29.6 Å². The van der Waals surface area contributed by atoms with E-state index in [1.165, 1.54) is 0 Å². The Morgan fingerprint density at radius 2 is 2.27 bits per heavy atom. The molecule has 0 spiro atoms. The normalized spacial score (nSPS) is 20.5. The van der Waals surface area contributed by atoms with Gasteiger partial charge in [-0.1, -0.05) is 6.08 Å². The minimum Gasteiger partial charge on any atom is -0.377 e. The van der Waals surface area contributed by atoms with E-state index in [2.05, 4.69) is 28.6 Å². The number of carbonyl (C=O) groups excluding carboxylic acids is 1. The van der Waals surface area contributed by atoms with Gasteiger partial charge in [-0.3, -0.25) is 14.6 Å². The van der Waals surface area contributed by atoms with Gasteiger partial charge in [-0.2, -0.15) is 10.2 Å². The van der Waals surface area contributed by atoms with Crippen LogP contribution in [0.5, 0.6) is 0 Å². The lowest BCUT2D eigenvalue weighted by molar-refractivity contribution is -0.119. The second-order valence-electron chi connectivity index (χ2n) is 7.84. The summed E-state index contributed by atoms with van der Waals surface area (Å²) >= 11 is 0. The number of carbonyl (C=O) groups is 1. The van der Waals surface area contributed by atoms with Crippen LogP contribution in [0.4, 0.5) is 11.5 Å². The quantitative estimate of drug-likeness (QED) is 0.668. The summed E-state index contributed by atoms with van der Waals surface area (Å²) in [4.78, 5) is 22.1. The number of aromatic amines is 1. The zero-order valence-corrected chi connectivity index (χ0v) is 17.2. The van der Waals surface area contributed by atoms with Gasteiger partial charge in [0.1, 0.15) is 28.2 Å². The van der Waals surface area contributed by atoms with E-state index in [1.54, 1.807) is 12.3 Å². The highest BCUT2D eigenvalue weighted by Crippen LogP contribution is 2.38. The van der Waals surface area contributed by atoms with Crippen molar-refractivity contribution < 1.29 is 9.53 Å². The molecule has 0 saturated carbocycles. The first-order valence-electron chi connectivity index (χ1n) is 10.3. The highest BCUT2D eigenvalue weighted by atomic mass is 16.5. The van der Waals surface area contributed by atoms with Gasteiger partial charge in [0.25, 0.3) is 0 Å². The number of aromatic nitrogens is 5. The van der Waals surface area contributed by atoms with E-state index in [9.17, 15) is 4.79 Å². The molecule has 9 heteroatoms. The first kappa shape index (κ1) is 18.8. The fraction of sp³-hybridized carbons (Fsp3) is 0.429. The molecule has 2 aliphatic rings. The summed E-state index contributed by atoms with van der Waals surface area (Å²) < 4.78 is 7.50. The predicted octanol–water partition coefficient (Wildman–Crippen LogP) is 2.36. The van der Waals surface area contributed by atoms with E-state index < -0.39 is 0 Å². The van der Waals surface area contributed by atoms with Gasteiger partial charge in [-0.05, 0) is 19.9 Å². The third-order valence-corrected chi connectivity index (χ3v) is 5.88. The van der Waals surface area contributed by atoms with Crippen LogP contribution in [0.3, 0.4) is 0 Å². The SMILES string of the molecule is C=CC(C)N1C(=O)CCn2nc(-c3cc[nH]n3)c3nc(N4CCOC[C@H]4C)cc1c32. The van der Waals surface area contributed by atoms with Crippen LogP contribution >= 0.6 is 0 Å². The Labute approximate surface area is 174 Å². The molecule has 0 bridgehead atoms. The van der Waals surface area contributed by atoms with Gasteiger partial charge in [0, 0.05) is 25.2 Å². The first-order valence-corrected chi connectivity index (χ1v) is 10.3. The molecule has 2 atom stereocenters. The number of amides is 1. The van der Waals surface area contributed by atoms with E-state index in [0.29, 0.717) is 26.2 Å². The summed E-state index contributed by atoms with van der Waals surface area (Å²) in [6.45, 7) is 10.6. The van der Waals surface area contributed by atoms with E-state index in [4.69, 9.17) is 14.8 Å². The summed E-state index contributed by atoms with van der Waals surface area (Å²) in [6, 6.07) is 3.94. The number of rotatable bonds is 4. The lowest BCUT2D eigenvalue weighted by Crippen LogP contribution is -2.44. The topological polar surface area (TPSA) is 92.2 Å². The molecule has 0 aliphatic carbocycles. The van der Waals surface area contributed by atoms with Crippen LogP contribution in [0.2, 0.25) is 0 Å². The molecule has 1 N–H and O–H groups in total.